The maximum Gasteiger partial charge on any atom is 0.0945 e. The molecule has 0 saturated heterocycles. The van der Waals surface area contributed by atoms with Gasteiger partial charge in [-0.1, -0.05) is 50.2 Å². The zero-order valence-corrected chi connectivity index (χ0v) is 13.3. The van der Waals surface area contributed by atoms with Gasteiger partial charge in [-0.3, -0.25) is 0 Å². The minimum atomic E-state index is 0.532. The highest BCUT2D eigenvalue weighted by Gasteiger charge is 2.05. The van der Waals surface area contributed by atoms with Crippen molar-refractivity contribution in [2.45, 2.75) is 26.3 Å². The Labute approximate surface area is 129 Å². The number of nitrogens with one attached hydrogen (secondary N) is 1. The molecule has 0 amide bonds. The van der Waals surface area contributed by atoms with E-state index in [1.807, 2.05) is 0 Å². The number of benzene rings is 2. The molecule has 3 aromatic rings. The fourth-order valence-corrected chi connectivity index (χ4v) is 3.18. The second-order valence-electron chi connectivity index (χ2n) is 5.55. The standard InChI is InChI=1S/C18H20N2S/c1-13(2)19-10-9-18-20-17(12-21-18)16-8-7-14-5-3-4-6-15(14)11-16/h3-8,11-13,19H,9-10H2,1-2H3. The lowest BCUT2D eigenvalue weighted by Gasteiger charge is -2.05. The van der Waals surface area contributed by atoms with Crippen molar-refractivity contribution in [3.63, 3.8) is 0 Å². The molecular weight excluding hydrogens is 276 g/mol. The Morgan fingerprint density at radius 3 is 2.71 bits per heavy atom. The molecule has 1 heterocycles. The van der Waals surface area contributed by atoms with Crippen molar-refractivity contribution in [3.8, 4) is 11.3 Å². The molecule has 0 aliphatic rings. The van der Waals surface area contributed by atoms with Crippen molar-refractivity contribution in [1.82, 2.24) is 10.3 Å². The van der Waals surface area contributed by atoms with E-state index in [0.29, 0.717) is 6.04 Å². The number of aromatic nitrogens is 1. The molecule has 21 heavy (non-hydrogen) atoms. The molecule has 0 fully saturated rings. The summed E-state index contributed by atoms with van der Waals surface area (Å²) in [6.07, 6.45) is 0.996. The van der Waals surface area contributed by atoms with Gasteiger partial charge in [0.25, 0.3) is 0 Å². The summed E-state index contributed by atoms with van der Waals surface area (Å²) in [4.78, 5) is 4.76. The molecule has 3 rings (SSSR count). The summed E-state index contributed by atoms with van der Waals surface area (Å²) in [6.45, 7) is 5.33. The molecule has 108 valence electrons. The largest absolute Gasteiger partial charge is 0.314 e. The number of fused-ring (bicyclic) bond motifs is 1. The van der Waals surface area contributed by atoms with Gasteiger partial charge in [-0.2, -0.15) is 0 Å². The zero-order valence-electron chi connectivity index (χ0n) is 12.5. The first-order chi connectivity index (χ1) is 10.2. The van der Waals surface area contributed by atoms with Crippen LogP contribution in [0.25, 0.3) is 22.0 Å². The molecule has 3 heteroatoms. The molecule has 1 aromatic heterocycles. The van der Waals surface area contributed by atoms with Crippen LogP contribution in [0.4, 0.5) is 0 Å². The summed E-state index contributed by atoms with van der Waals surface area (Å²) >= 11 is 1.75. The summed E-state index contributed by atoms with van der Waals surface area (Å²) in [5.74, 6) is 0. The zero-order chi connectivity index (χ0) is 14.7. The van der Waals surface area contributed by atoms with Crippen LogP contribution in [0.5, 0.6) is 0 Å². The van der Waals surface area contributed by atoms with Gasteiger partial charge in [0.05, 0.1) is 10.7 Å². The van der Waals surface area contributed by atoms with Gasteiger partial charge in [-0.25, -0.2) is 4.98 Å². The van der Waals surface area contributed by atoms with E-state index in [0.717, 1.165) is 18.7 Å². The SMILES string of the molecule is CC(C)NCCc1nc(-c2ccc3ccccc3c2)cs1. The summed E-state index contributed by atoms with van der Waals surface area (Å²) in [5.41, 5.74) is 2.29. The normalized spacial score (nSPS) is 11.4. The third-order valence-corrected chi connectivity index (χ3v) is 4.40. The van der Waals surface area contributed by atoms with Gasteiger partial charge in [0.2, 0.25) is 0 Å². The molecule has 0 aliphatic heterocycles. The van der Waals surface area contributed by atoms with Gasteiger partial charge < -0.3 is 5.32 Å². The molecule has 0 unspecified atom stereocenters. The second kappa shape index (κ2) is 6.37. The van der Waals surface area contributed by atoms with Crippen LogP contribution in [-0.4, -0.2) is 17.6 Å². The molecule has 0 radical (unpaired) electrons. The first-order valence-corrected chi connectivity index (χ1v) is 8.27. The van der Waals surface area contributed by atoms with Gasteiger partial charge in [0.1, 0.15) is 0 Å². The Morgan fingerprint density at radius 1 is 1.10 bits per heavy atom. The highest BCUT2D eigenvalue weighted by Crippen LogP contribution is 2.25. The first-order valence-electron chi connectivity index (χ1n) is 7.39. The Morgan fingerprint density at radius 2 is 1.90 bits per heavy atom. The van der Waals surface area contributed by atoms with E-state index < -0.39 is 0 Å². The highest BCUT2D eigenvalue weighted by atomic mass is 32.1. The van der Waals surface area contributed by atoms with Crippen LogP contribution in [0.2, 0.25) is 0 Å². The second-order valence-corrected chi connectivity index (χ2v) is 6.49. The number of rotatable bonds is 5. The molecule has 0 aliphatic carbocycles. The fourth-order valence-electron chi connectivity index (χ4n) is 2.37. The summed E-state index contributed by atoms with van der Waals surface area (Å²) in [7, 11) is 0. The molecule has 2 nitrogen and oxygen atoms in total. The number of hydrogen-bond acceptors (Lipinski definition) is 3. The maximum atomic E-state index is 4.76. The van der Waals surface area contributed by atoms with E-state index in [9.17, 15) is 0 Å². The van der Waals surface area contributed by atoms with E-state index in [-0.39, 0.29) is 0 Å². The monoisotopic (exact) mass is 296 g/mol. The maximum absolute atomic E-state index is 4.76. The predicted molar refractivity (Wildman–Crippen MR) is 91.9 cm³/mol. The van der Waals surface area contributed by atoms with Crippen LogP contribution in [-0.2, 0) is 6.42 Å². The lowest BCUT2D eigenvalue weighted by atomic mass is 10.1. The van der Waals surface area contributed by atoms with Gasteiger partial charge >= 0.3 is 0 Å². The third-order valence-electron chi connectivity index (χ3n) is 3.49. The van der Waals surface area contributed by atoms with Crippen LogP contribution < -0.4 is 5.32 Å². The van der Waals surface area contributed by atoms with Gasteiger partial charge in [0.15, 0.2) is 0 Å². The molecule has 0 bridgehead atoms. The average molecular weight is 296 g/mol. The first kappa shape index (κ1) is 14.2. The lowest BCUT2D eigenvalue weighted by molar-refractivity contribution is 0.590. The van der Waals surface area contributed by atoms with Crippen LogP contribution >= 0.6 is 11.3 Å². The minimum Gasteiger partial charge on any atom is -0.314 e. The highest BCUT2D eigenvalue weighted by molar-refractivity contribution is 7.09. The van der Waals surface area contributed by atoms with E-state index >= 15 is 0 Å². The van der Waals surface area contributed by atoms with Crippen molar-refractivity contribution in [3.05, 3.63) is 52.9 Å². The smallest absolute Gasteiger partial charge is 0.0945 e. The van der Waals surface area contributed by atoms with Gasteiger partial charge in [0, 0.05) is 30.0 Å². The molecule has 0 spiro atoms. The number of thiazole rings is 1. The topological polar surface area (TPSA) is 24.9 Å². The Balaban J connectivity index is 1.77. The quantitative estimate of drug-likeness (QED) is 0.749. The number of hydrogen-bond donors (Lipinski definition) is 1. The van der Waals surface area contributed by atoms with Crippen LogP contribution in [0.1, 0.15) is 18.9 Å². The van der Waals surface area contributed by atoms with Crippen LogP contribution in [0.15, 0.2) is 47.8 Å². The van der Waals surface area contributed by atoms with Crippen LogP contribution in [0.3, 0.4) is 0 Å². The van der Waals surface area contributed by atoms with E-state index in [4.69, 9.17) is 4.98 Å². The summed E-state index contributed by atoms with van der Waals surface area (Å²) in [5, 5.41) is 9.34. The van der Waals surface area contributed by atoms with Crippen molar-refractivity contribution in [2.24, 2.45) is 0 Å². The Kier molecular flexibility index (Phi) is 4.32. The van der Waals surface area contributed by atoms with E-state index in [1.54, 1.807) is 11.3 Å². The molecule has 2 aromatic carbocycles. The number of nitrogens with zero attached hydrogens (tertiary/aromatic N) is 1. The lowest BCUT2D eigenvalue weighted by Crippen LogP contribution is -2.24. The average Bonchev–Trinajstić information content (AvgIpc) is 2.95. The van der Waals surface area contributed by atoms with Crippen molar-refractivity contribution in [1.29, 1.82) is 0 Å². The molecule has 0 atom stereocenters. The van der Waals surface area contributed by atoms with E-state index in [1.165, 1.54) is 21.3 Å². The molecular formula is C18H20N2S. The molecule has 0 saturated carbocycles. The van der Waals surface area contributed by atoms with Crippen molar-refractivity contribution >= 4 is 22.1 Å². The fraction of sp³-hybridized carbons (Fsp3) is 0.278. The third kappa shape index (κ3) is 3.49. The molecule has 1 N–H and O–H groups in total. The minimum absolute atomic E-state index is 0.532. The Bertz CT molecular complexity index is 731. The van der Waals surface area contributed by atoms with Crippen molar-refractivity contribution in [2.75, 3.05) is 6.54 Å². The predicted octanol–water partition coefficient (Wildman–Crippen LogP) is 4.50. The van der Waals surface area contributed by atoms with Gasteiger partial charge in [-0.15, -0.1) is 11.3 Å². The van der Waals surface area contributed by atoms with Crippen LogP contribution in [0, 0.1) is 0 Å². The summed E-state index contributed by atoms with van der Waals surface area (Å²) < 4.78 is 0. The van der Waals surface area contributed by atoms with Gasteiger partial charge in [-0.05, 0) is 16.8 Å². The van der Waals surface area contributed by atoms with E-state index in [2.05, 4.69) is 67.0 Å². The summed E-state index contributed by atoms with van der Waals surface area (Å²) in [6, 6.07) is 15.5. The van der Waals surface area contributed by atoms with Crippen molar-refractivity contribution < 1.29 is 0 Å². The Hall–Kier alpha value is -1.71.